The van der Waals surface area contributed by atoms with E-state index in [4.69, 9.17) is 4.42 Å². The van der Waals surface area contributed by atoms with Crippen LogP contribution in [0.5, 0.6) is 0 Å². The SMILES string of the molecule is c1ccc(-c2ccc(-c3ccc(N(c4ccc5ccccc5c4)c4ccccc4-c4cccc5c4oc4cc6ccccc6cc45)cc3)cc2)cc1. The number of benzene rings is 9. The molecule has 0 saturated heterocycles. The Morgan fingerprint density at radius 3 is 1.60 bits per heavy atom. The summed E-state index contributed by atoms with van der Waals surface area (Å²) >= 11 is 0. The van der Waals surface area contributed by atoms with Gasteiger partial charge in [0, 0.05) is 33.3 Å². The molecule has 2 heteroatoms. The fourth-order valence-corrected chi connectivity index (χ4v) is 7.62. The van der Waals surface area contributed by atoms with Crippen LogP contribution in [0.25, 0.3) is 76.9 Å². The molecular weight excluding hydrogens is 631 g/mol. The lowest BCUT2D eigenvalue weighted by atomic mass is 9.98. The molecule has 52 heavy (non-hydrogen) atoms. The molecule has 0 N–H and O–H groups in total. The second kappa shape index (κ2) is 12.5. The number of nitrogens with zero attached hydrogens (tertiary/aromatic N) is 1. The lowest BCUT2D eigenvalue weighted by Crippen LogP contribution is -2.11. The Hall–Kier alpha value is -6.90. The van der Waals surface area contributed by atoms with E-state index >= 15 is 0 Å². The second-order valence-electron chi connectivity index (χ2n) is 13.4. The molecule has 2 nitrogen and oxygen atoms in total. The van der Waals surface area contributed by atoms with E-state index in [1.165, 1.54) is 43.8 Å². The first-order valence-electron chi connectivity index (χ1n) is 17.8. The lowest BCUT2D eigenvalue weighted by Gasteiger charge is -2.28. The minimum absolute atomic E-state index is 0.896. The summed E-state index contributed by atoms with van der Waals surface area (Å²) in [5, 5.41) is 7.05. The van der Waals surface area contributed by atoms with Crippen molar-refractivity contribution in [2.75, 3.05) is 4.90 Å². The van der Waals surface area contributed by atoms with E-state index in [-0.39, 0.29) is 0 Å². The van der Waals surface area contributed by atoms with E-state index in [2.05, 4.69) is 205 Å². The van der Waals surface area contributed by atoms with Crippen molar-refractivity contribution in [2.24, 2.45) is 0 Å². The van der Waals surface area contributed by atoms with Gasteiger partial charge in [-0.15, -0.1) is 0 Å². The van der Waals surface area contributed by atoms with Gasteiger partial charge in [-0.1, -0.05) is 158 Å². The molecule has 0 fully saturated rings. The van der Waals surface area contributed by atoms with Gasteiger partial charge in [0.15, 0.2) is 0 Å². The zero-order valence-corrected chi connectivity index (χ0v) is 28.4. The van der Waals surface area contributed by atoms with Gasteiger partial charge in [0.25, 0.3) is 0 Å². The van der Waals surface area contributed by atoms with Crippen LogP contribution in [0.1, 0.15) is 0 Å². The first-order chi connectivity index (χ1) is 25.8. The number of para-hydroxylation sites is 2. The maximum absolute atomic E-state index is 6.73. The third kappa shape index (κ3) is 5.21. The second-order valence-corrected chi connectivity index (χ2v) is 13.4. The summed E-state index contributed by atoms with van der Waals surface area (Å²) < 4.78 is 6.73. The van der Waals surface area contributed by atoms with Gasteiger partial charge < -0.3 is 9.32 Å². The van der Waals surface area contributed by atoms with Gasteiger partial charge in [-0.25, -0.2) is 0 Å². The number of anilines is 3. The van der Waals surface area contributed by atoms with Crippen molar-refractivity contribution in [1.82, 2.24) is 0 Å². The number of furan rings is 1. The first kappa shape index (κ1) is 30.0. The summed E-state index contributed by atoms with van der Waals surface area (Å²) in [6.45, 7) is 0. The van der Waals surface area contributed by atoms with Crippen molar-refractivity contribution < 1.29 is 4.42 Å². The number of hydrogen-bond donors (Lipinski definition) is 0. The van der Waals surface area contributed by atoms with Crippen molar-refractivity contribution >= 4 is 60.5 Å². The molecule has 244 valence electrons. The average molecular weight is 664 g/mol. The van der Waals surface area contributed by atoms with Gasteiger partial charge in [-0.05, 0) is 86.3 Å². The van der Waals surface area contributed by atoms with Crippen molar-refractivity contribution in [3.8, 4) is 33.4 Å². The molecule has 0 aliphatic carbocycles. The van der Waals surface area contributed by atoms with Gasteiger partial charge in [0.2, 0.25) is 0 Å². The molecule has 0 unspecified atom stereocenters. The molecule has 1 heterocycles. The van der Waals surface area contributed by atoms with Crippen LogP contribution in [0.3, 0.4) is 0 Å². The van der Waals surface area contributed by atoms with Gasteiger partial charge in [-0.3, -0.25) is 0 Å². The van der Waals surface area contributed by atoms with Gasteiger partial charge >= 0.3 is 0 Å². The van der Waals surface area contributed by atoms with Gasteiger partial charge in [0.05, 0.1) is 5.69 Å². The molecule has 10 aromatic rings. The molecule has 10 rings (SSSR count). The largest absolute Gasteiger partial charge is 0.455 e. The summed E-state index contributed by atoms with van der Waals surface area (Å²) in [5.74, 6) is 0. The first-order valence-corrected chi connectivity index (χ1v) is 17.8. The van der Waals surface area contributed by atoms with E-state index in [0.29, 0.717) is 0 Å². The third-order valence-electron chi connectivity index (χ3n) is 10.2. The molecule has 9 aromatic carbocycles. The van der Waals surface area contributed by atoms with Crippen LogP contribution in [0.15, 0.2) is 205 Å². The van der Waals surface area contributed by atoms with E-state index < -0.39 is 0 Å². The van der Waals surface area contributed by atoms with Crippen LogP contribution >= 0.6 is 0 Å². The molecule has 0 bridgehead atoms. The van der Waals surface area contributed by atoms with E-state index in [1.54, 1.807) is 0 Å². The van der Waals surface area contributed by atoms with E-state index in [0.717, 1.165) is 50.1 Å². The molecule has 0 aliphatic heterocycles. The highest BCUT2D eigenvalue weighted by molar-refractivity contribution is 6.14. The molecule has 0 saturated carbocycles. The van der Waals surface area contributed by atoms with Crippen LogP contribution in [-0.4, -0.2) is 0 Å². The van der Waals surface area contributed by atoms with Crippen LogP contribution in [-0.2, 0) is 0 Å². The smallest absolute Gasteiger partial charge is 0.143 e. The molecule has 0 radical (unpaired) electrons. The minimum atomic E-state index is 0.896. The molecule has 0 aliphatic rings. The Kier molecular flexibility index (Phi) is 7.18. The van der Waals surface area contributed by atoms with Crippen molar-refractivity contribution in [1.29, 1.82) is 0 Å². The summed E-state index contributed by atoms with van der Waals surface area (Å²) in [4.78, 5) is 2.37. The van der Waals surface area contributed by atoms with Gasteiger partial charge in [-0.2, -0.15) is 0 Å². The van der Waals surface area contributed by atoms with Crippen LogP contribution in [0.4, 0.5) is 17.1 Å². The van der Waals surface area contributed by atoms with Gasteiger partial charge in [0.1, 0.15) is 11.2 Å². The Labute approximate surface area is 302 Å². The van der Waals surface area contributed by atoms with Crippen LogP contribution in [0, 0.1) is 0 Å². The van der Waals surface area contributed by atoms with Crippen molar-refractivity contribution in [2.45, 2.75) is 0 Å². The van der Waals surface area contributed by atoms with Crippen molar-refractivity contribution in [3.05, 3.63) is 200 Å². The monoisotopic (exact) mass is 663 g/mol. The predicted molar refractivity (Wildman–Crippen MR) is 220 cm³/mol. The van der Waals surface area contributed by atoms with E-state index in [1.807, 2.05) is 0 Å². The minimum Gasteiger partial charge on any atom is -0.455 e. The maximum Gasteiger partial charge on any atom is 0.143 e. The molecule has 1 aromatic heterocycles. The standard InChI is InChI=1S/C50H33NO/c1-2-11-34(12-3-1)36-21-23-37(24-22-36)38-25-28-42(29-26-38)51(43-30-27-35-13-4-5-14-39(35)31-43)48-20-9-8-17-44(48)45-18-10-19-46-47-32-40-15-6-7-16-41(40)33-49(47)52-50(45)46/h1-33H. The van der Waals surface area contributed by atoms with Crippen molar-refractivity contribution in [3.63, 3.8) is 0 Å². The fourth-order valence-electron chi connectivity index (χ4n) is 7.62. The molecule has 0 amide bonds. The number of fused-ring (bicyclic) bond motifs is 5. The topological polar surface area (TPSA) is 16.4 Å². The molecular formula is C50H33NO. The highest BCUT2D eigenvalue weighted by Crippen LogP contribution is 2.45. The quantitative estimate of drug-likeness (QED) is 0.176. The number of rotatable bonds is 6. The summed E-state index contributed by atoms with van der Waals surface area (Å²) in [6, 6.07) is 71.7. The van der Waals surface area contributed by atoms with E-state index in [9.17, 15) is 0 Å². The Morgan fingerprint density at radius 1 is 0.327 bits per heavy atom. The van der Waals surface area contributed by atoms with Crippen LogP contribution in [0.2, 0.25) is 0 Å². The van der Waals surface area contributed by atoms with Crippen LogP contribution < -0.4 is 4.90 Å². The molecule has 0 spiro atoms. The Balaban J connectivity index is 1.11. The zero-order valence-electron chi connectivity index (χ0n) is 28.4. The third-order valence-corrected chi connectivity index (χ3v) is 10.2. The summed E-state index contributed by atoms with van der Waals surface area (Å²) in [5.41, 5.74) is 12.0. The normalized spacial score (nSPS) is 11.5. The summed E-state index contributed by atoms with van der Waals surface area (Å²) in [7, 11) is 0. The Bertz CT molecular complexity index is 2890. The Morgan fingerprint density at radius 2 is 0.865 bits per heavy atom. The zero-order chi connectivity index (χ0) is 34.4. The highest BCUT2D eigenvalue weighted by atomic mass is 16.3. The number of hydrogen-bond acceptors (Lipinski definition) is 2. The fraction of sp³-hybridized carbons (Fsp3) is 0. The highest BCUT2D eigenvalue weighted by Gasteiger charge is 2.21. The average Bonchev–Trinajstić information content (AvgIpc) is 3.58. The molecule has 0 atom stereocenters. The predicted octanol–water partition coefficient (Wildman–Crippen LogP) is 14.4. The summed E-state index contributed by atoms with van der Waals surface area (Å²) in [6.07, 6.45) is 0. The maximum atomic E-state index is 6.73. The lowest BCUT2D eigenvalue weighted by molar-refractivity contribution is 0.670.